The third-order valence-electron chi connectivity index (χ3n) is 3.33. The minimum absolute atomic E-state index is 0.268. The molecule has 1 fully saturated rings. The van der Waals surface area contributed by atoms with Gasteiger partial charge < -0.3 is 9.47 Å². The second-order valence-electron chi connectivity index (χ2n) is 4.42. The molecule has 0 spiro atoms. The van der Waals surface area contributed by atoms with Gasteiger partial charge in [-0.3, -0.25) is 0 Å². The minimum atomic E-state index is -3.69. The van der Waals surface area contributed by atoms with Crippen LogP contribution in [-0.2, 0) is 10.2 Å². The first-order valence-corrected chi connectivity index (χ1v) is 7.49. The number of nitrogens with zero attached hydrogens (tertiary/aromatic N) is 1. The summed E-state index contributed by atoms with van der Waals surface area (Å²) in [6.07, 6.45) is 1.52. The van der Waals surface area contributed by atoms with E-state index in [1.165, 1.54) is 4.31 Å². The van der Waals surface area contributed by atoms with Crippen molar-refractivity contribution in [3.05, 3.63) is 23.8 Å². The SMILES string of the molecule is COc1ccc([C@@H]2CCCN2S(N)(=O)=O)c(OC)c1. The van der Waals surface area contributed by atoms with Crippen LogP contribution < -0.4 is 14.6 Å². The first-order valence-electron chi connectivity index (χ1n) is 5.99. The summed E-state index contributed by atoms with van der Waals surface area (Å²) in [5.41, 5.74) is 0.815. The molecule has 2 rings (SSSR count). The lowest BCUT2D eigenvalue weighted by atomic mass is 10.0. The van der Waals surface area contributed by atoms with E-state index >= 15 is 0 Å². The summed E-state index contributed by atoms with van der Waals surface area (Å²) < 4.78 is 34.9. The molecule has 1 aliphatic heterocycles. The normalized spacial score (nSPS) is 20.5. The van der Waals surface area contributed by atoms with Crippen LogP contribution in [-0.4, -0.2) is 33.5 Å². The highest BCUT2D eigenvalue weighted by molar-refractivity contribution is 7.86. The summed E-state index contributed by atoms with van der Waals surface area (Å²) in [4.78, 5) is 0. The highest BCUT2D eigenvalue weighted by atomic mass is 32.2. The van der Waals surface area contributed by atoms with Crippen molar-refractivity contribution in [1.29, 1.82) is 0 Å². The van der Waals surface area contributed by atoms with E-state index in [0.29, 0.717) is 18.0 Å². The van der Waals surface area contributed by atoms with Gasteiger partial charge in [-0.05, 0) is 18.9 Å². The standard InChI is InChI=1S/C12H18N2O4S/c1-17-9-5-6-10(12(8-9)18-2)11-4-3-7-14(11)19(13,15)16/h5-6,8,11H,3-4,7H2,1-2H3,(H2,13,15,16)/t11-/m0/s1. The van der Waals surface area contributed by atoms with Gasteiger partial charge in [0.1, 0.15) is 11.5 Å². The van der Waals surface area contributed by atoms with Crippen LogP contribution in [0.1, 0.15) is 24.4 Å². The lowest BCUT2D eigenvalue weighted by molar-refractivity contribution is 0.361. The summed E-state index contributed by atoms with van der Waals surface area (Å²) in [5, 5.41) is 5.25. The average molecular weight is 286 g/mol. The predicted molar refractivity (Wildman–Crippen MR) is 71.3 cm³/mol. The molecular formula is C12H18N2O4S. The van der Waals surface area contributed by atoms with Crippen LogP contribution in [0.5, 0.6) is 11.5 Å². The van der Waals surface area contributed by atoms with E-state index < -0.39 is 10.2 Å². The molecule has 0 aromatic heterocycles. The molecule has 106 valence electrons. The number of benzene rings is 1. The summed E-state index contributed by atoms with van der Waals surface area (Å²) >= 11 is 0. The van der Waals surface area contributed by atoms with Crippen molar-refractivity contribution in [2.45, 2.75) is 18.9 Å². The molecule has 7 heteroatoms. The van der Waals surface area contributed by atoms with E-state index in [1.54, 1.807) is 26.4 Å². The maximum Gasteiger partial charge on any atom is 0.277 e. The Morgan fingerprint density at radius 2 is 2.05 bits per heavy atom. The zero-order valence-electron chi connectivity index (χ0n) is 11.0. The van der Waals surface area contributed by atoms with E-state index in [4.69, 9.17) is 14.6 Å². The number of ether oxygens (including phenoxy) is 2. The Kier molecular flexibility index (Phi) is 3.98. The monoisotopic (exact) mass is 286 g/mol. The Balaban J connectivity index is 2.41. The highest BCUT2D eigenvalue weighted by Crippen LogP contribution is 2.39. The number of hydrogen-bond acceptors (Lipinski definition) is 4. The van der Waals surface area contributed by atoms with Gasteiger partial charge in [0.25, 0.3) is 10.2 Å². The molecule has 0 aliphatic carbocycles. The maximum atomic E-state index is 11.6. The van der Waals surface area contributed by atoms with Crippen LogP contribution in [0.3, 0.4) is 0 Å². The molecule has 0 unspecified atom stereocenters. The first-order chi connectivity index (χ1) is 8.97. The second kappa shape index (κ2) is 5.36. The van der Waals surface area contributed by atoms with Gasteiger partial charge in [0.2, 0.25) is 0 Å². The van der Waals surface area contributed by atoms with Gasteiger partial charge in [0.15, 0.2) is 0 Å². The molecule has 6 nitrogen and oxygen atoms in total. The third-order valence-corrected chi connectivity index (χ3v) is 4.42. The van der Waals surface area contributed by atoms with Crippen LogP contribution in [0.25, 0.3) is 0 Å². The molecule has 1 aromatic rings. The summed E-state index contributed by atoms with van der Waals surface area (Å²) in [6.45, 7) is 0.443. The van der Waals surface area contributed by atoms with Crippen molar-refractivity contribution >= 4 is 10.2 Å². The third kappa shape index (κ3) is 2.83. The summed E-state index contributed by atoms with van der Waals surface area (Å²) in [5.74, 6) is 1.28. The molecule has 1 heterocycles. The fraction of sp³-hybridized carbons (Fsp3) is 0.500. The quantitative estimate of drug-likeness (QED) is 0.896. The van der Waals surface area contributed by atoms with Gasteiger partial charge in [0, 0.05) is 18.2 Å². The zero-order chi connectivity index (χ0) is 14.0. The van der Waals surface area contributed by atoms with Crippen LogP contribution in [0, 0.1) is 0 Å². The molecular weight excluding hydrogens is 268 g/mol. The van der Waals surface area contributed by atoms with Crippen molar-refractivity contribution in [2.75, 3.05) is 20.8 Å². The molecule has 1 atom stereocenters. The van der Waals surface area contributed by atoms with E-state index in [-0.39, 0.29) is 6.04 Å². The Labute approximate surface area is 113 Å². The maximum absolute atomic E-state index is 11.6. The van der Waals surface area contributed by atoms with Gasteiger partial charge in [-0.25, -0.2) is 5.14 Å². The minimum Gasteiger partial charge on any atom is -0.497 e. The Morgan fingerprint density at radius 1 is 1.32 bits per heavy atom. The largest absolute Gasteiger partial charge is 0.497 e. The van der Waals surface area contributed by atoms with Crippen LogP contribution in [0.2, 0.25) is 0 Å². The van der Waals surface area contributed by atoms with Crippen molar-refractivity contribution < 1.29 is 17.9 Å². The van der Waals surface area contributed by atoms with Gasteiger partial charge in [0.05, 0.1) is 20.3 Å². The van der Waals surface area contributed by atoms with Crippen LogP contribution in [0.4, 0.5) is 0 Å². The fourth-order valence-electron chi connectivity index (χ4n) is 2.45. The molecule has 0 saturated carbocycles. The molecule has 19 heavy (non-hydrogen) atoms. The molecule has 1 saturated heterocycles. The van der Waals surface area contributed by atoms with Crippen LogP contribution in [0.15, 0.2) is 18.2 Å². The van der Waals surface area contributed by atoms with Gasteiger partial charge in [-0.2, -0.15) is 12.7 Å². The van der Waals surface area contributed by atoms with Gasteiger partial charge >= 0.3 is 0 Å². The second-order valence-corrected chi connectivity index (χ2v) is 5.92. The molecule has 0 radical (unpaired) electrons. The van der Waals surface area contributed by atoms with Gasteiger partial charge in [-0.1, -0.05) is 6.07 Å². The van der Waals surface area contributed by atoms with Crippen molar-refractivity contribution in [3.63, 3.8) is 0 Å². The van der Waals surface area contributed by atoms with E-state index in [1.807, 2.05) is 6.07 Å². The van der Waals surface area contributed by atoms with Crippen molar-refractivity contribution in [2.24, 2.45) is 5.14 Å². The van der Waals surface area contributed by atoms with Crippen molar-refractivity contribution in [3.8, 4) is 11.5 Å². The lowest BCUT2D eigenvalue weighted by Gasteiger charge is -2.23. The Morgan fingerprint density at radius 3 is 2.63 bits per heavy atom. The van der Waals surface area contributed by atoms with Crippen molar-refractivity contribution in [1.82, 2.24) is 4.31 Å². The Hall–Kier alpha value is -1.31. The molecule has 1 aromatic carbocycles. The van der Waals surface area contributed by atoms with E-state index in [9.17, 15) is 8.42 Å². The molecule has 0 amide bonds. The summed E-state index contributed by atoms with van der Waals surface area (Å²) in [7, 11) is -0.574. The molecule has 2 N–H and O–H groups in total. The number of nitrogens with two attached hydrogens (primary N) is 1. The smallest absolute Gasteiger partial charge is 0.277 e. The Bertz CT molecular complexity index is 559. The van der Waals surface area contributed by atoms with Crippen LogP contribution >= 0.6 is 0 Å². The predicted octanol–water partition coefficient (Wildman–Crippen LogP) is 1.04. The first kappa shape index (κ1) is 14.1. The summed E-state index contributed by atoms with van der Waals surface area (Å²) in [6, 6.07) is 5.09. The topological polar surface area (TPSA) is 81.9 Å². The fourth-order valence-corrected chi connectivity index (χ4v) is 3.41. The number of methoxy groups -OCH3 is 2. The van der Waals surface area contributed by atoms with E-state index in [2.05, 4.69) is 0 Å². The number of rotatable bonds is 4. The average Bonchev–Trinajstić information content (AvgIpc) is 2.86. The molecule has 1 aliphatic rings. The van der Waals surface area contributed by atoms with Gasteiger partial charge in [-0.15, -0.1) is 0 Å². The molecule has 0 bridgehead atoms. The lowest BCUT2D eigenvalue weighted by Crippen LogP contribution is -2.36. The zero-order valence-corrected chi connectivity index (χ0v) is 11.8. The van der Waals surface area contributed by atoms with E-state index in [0.717, 1.165) is 18.4 Å². The number of hydrogen-bond donors (Lipinski definition) is 1. The highest BCUT2D eigenvalue weighted by Gasteiger charge is 2.34.